The van der Waals surface area contributed by atoms with Crippen LogP contribution in [0.2, 0.25) is 0 Å². The summed E-state index contributed by atoms with van der Waals surface area (Å²) in [5, 5.41) is 0. The van der Waals surface area contributed by atoms with Gasteiger partial charge in [0.15, 0.2) is 0 Å². The number of esters is 1. The van der Waals surface area contributed by atoms with Gasteiger partial charge in [0.25, 0.3) is 0 Å². The molecule has 0 amide bonds. The van der Waals surface area contributed by atoms with Crippen LogP contribution in [0, 0.1) is 29.6 Å². The number of ether oxygens (including phenoxy) is 1. The first kappa shape index (κ1) is 14.5. The average molecular weight is 300 g/mol. The van der Waals surface area contributed by atoms with Crippen molar-refractivity contribution in [1.82, 2.24) is 0 Å². The first-order chi connectivity index (χ1) is 10.6. The zero-order valence-corrected chi connectivity index (χ0v) is 13.9. The van der Waals surface area contributed by atoms with Crippen LogP contribution in [0.25, 0.3) is 0 Å². The van der Waals surface area contributed by atoms with Crippen molar-refractivity contribution < 1.29 is 9.53 Å². The second-order valence-electron chi connectivity index (χ2n) is 8.04. The van der Waals surface area contributed by atoms with Crippen molar-refractivity contribution in [2.75, 3.05) is 0 Å². The van der Waals surface area contributed by atoms with Gasteiger partial charge in [-0.25, -0.2) is 0 Å². The fraction of sp³-hybridized carbons (Fsp3) is 0.750. The molecule has 0 spiro atoms. The number of rotatable bonds is 1. The van der Waals surface area contributed by atoms with E-state index in [4.69, 9.17) is 4.74 Å². The van der Waals surface area contributed by atoms with E-state index in [1.807, 2.05) is 0 Å². The van der Waals surface area contributed by atoms with Gasteiger partial charge in [0.1, 0.15) is 6.10 Å². The Morgan fingerprint density at radius 1 is 1.00 bits per heavy atom. The van der Waals surface area contributed by atoms with E-state index in [0.717, 1.165) is 42.4 Å². The van der Waals surface area contributed by atoms with E-state index in [1.165, 1.54) is 39.0 Å². The topological polar surface area (TPSA) is 26.3 Å². The summed E-state index contributed by atoms with van der Waals surface area (Å²) >= 11 is 0. The Bertz CT molecular complexity index is 530. The maximum atomic E-state index is 11.2. The quantitative estimate of drug-likeness (QED) is 0.658. The van der Waals surface area contributed by atoms with Crippen LogP contribution >= 0.6 is 0 Å². The number of allylic oxidation sites excluding steroid dienone is 3. The molecule has 22 heavy (non-hydrogen) atoms. The number of hydrogen-bond donors (Lipinski definition) is 0. The maximum Gasteiger partial charge on any atom is 0.302 e. The van der Waals surface area contributed by atoms with Crippen molar-refractivity contribution in [2.24, 2.45) is 29.6 Å². The molecule has 6 atom stereocenters. The van der Waals surface area contributed by atoms with Gasteiger partial charge in [-0.1, -0.05) is 30.2 Å². The average Bonchev–Trinajstić information content (AvgIpc) is 2.88. The Balaban J connectivity index is 1.55. The van der Waals surface area contributed by atoms with Gasteiger partial charge < -0.3 is 4.74 Å². The van der Waals surface area contributed by atoms with Crippen molar-refractivity contribution >= 4 is 5.97 Å². The summed E-state index contributed by atoms with van der Waals surface area (Å²) < 4.78 is 5.46. The molecule has 2 heteroatoms. The van der Waals surface area contributed by atoms with E-state index in [2.05, 4.69) is 19.1 Å². The molecule has 2 nitrogen and oxygen atoms in total. The molecule has 0 aliphatic heterocycles. The Morgan fingerprint density at radius 2 is 1.77 bits per heavy atom. The lowest BCUT2D eigenvalue weighted by Gasteiger charge is -2.45. The smallest absolute Gasteiger partial charge is 0.302 e. The minimum atomic E-state index is -0.128. The predicted octanol–water partition coefficient (Wildman–Crippen LogP) is 4.66. The molecule has 0 bridgehead atoms. The zero-order chi connectivity index (χ0) is 15.3. The van der Waals surface area contributed by atoms with Gasteiger partial charge in [0.05, 0.1) is 0 Å². The molecule has 3 saturated carbocycles. The molecule has 0 saturated heterocycles. The van der Waals surface area contributed by atoms with Gasteiger partial charge in [-0.05, 0) is 68.1 Å². The van der Waals surface area contributed by atoms with Crippen molar-refractivity contribution in [3.05, 3.63) is 23.3 Å². The largest absolute Gasteiger partial charge is 0.462 e. The molecule has 0 N–H and O–H groups in total. The molecule has 4 rings (SSSR count). The number of fused-ring (bicyclic) bond motifs is 5. The van der Waals surface area contributed by atoms with Gasteiger partial charge in [-0.15, -0.1) is 0 Å². The molecule has 4 aliphatic carbocycles. The van der Waals surface area contributed by atoms with Gasteiger partial charge in [0.2, 0.25) is 0 Å². The summed E-state index contributed by atoms with van der Waals surface area (Å²) in [4.78, 5) is 11.2. The summed E-state index contributed by atoms with van der Waals surface area (Å²) in [5.41, 5.74) is 3.33. The third kappa shape index (κ3) is 2.35. The van der Waals surface area contributed by atoms with E-state index in [-0.39, 0.29) is 12.1 Å². The minimum absolute atomic E-state index is 0.123. The summed E-state index contributed by atoms with van der Waals surface area (Å²) in [6.45, 7) is 3.99. The third-order valence-electron chi connectivity index (χ3n) is 6.90. The van der Waals surface area contributed by atoms with Crippen LogP contribution in [0.1, 0.15) is 58.8 Å². The molecule has 6 unspecified atom stereocenters. The van der Waals surface area contributed by atoms with Crippen LogP contribution in [-0.2, 0) is 9.53 Å². The van der Waals surface area contributed by atoms with Gasteiger partial charge in [-0.3, -0.25) is 4.79 Å². The normalized spacial score (nSPS) is 43.4. The Hall–Kier alpha value is -1.05. The van der Waals surface area contributed by atoms with Crippen molar-refractivity contribution in [1.29, 1.82) is 0 Å². The summed E-state index contributed by atoms with van der Waals surface area (Å²) in [7, 11) is 0. The van der Waals surface area contributed by atoms with Crippen molar-refractivity contribution in [3.63, 3.8) is 0 Å². The molecule has 0 aromatic carbocycles. The number of carbonyl (C=O) groups is 1. The molecular weight excluding hydrogens is 272 g/mol. The second-order valence-corrected chi connectivity index (χ2v) is 8.04. The Kier molecular flexibility index (Phi) is 3.66. The highest BCUT2D eigenvalue weighted by Gasteiger charge is 2.45. The highest BCUT2D eigenvalue weighted by Crippen LogP contribution is 2.55. The van der Waals surface area contributed by atoms with Crippen LogP contribution in [0.5, 0.6) is 0 Å². The summed E-state index contributed by atoms with van der Waals surface area (Å²) in [5.74, 6) is 4.16. The maximum absolute atomic E-state index is 11.2. The highest BCUT2D eigenvalue weighted by atomic mass is 16.5. The third-order valence-corrected chi connectivity index (χ3v) is 6.90. The predicted molar refractivity (Wildman–Crippen MR) is 87.2 cm³/mol. The van der Waals surface area contributed by atoms with E-state index in [1.54, 1.807) is 11.1 Å². The van der Waals surface area contributed by atoms with Crippen LogP contribution in [0.3, 0.4) is 0 Å². The fourth-order valence-electron chi connectivity index (χ4n) is 5.92. The first-order valence-electron chi connectivity index (χ1n) is 9.21. The van der Waals surface area contributed by atoms with E-state index in [9.17, 15) is 4.79 Å². The Labute approximate surface area is 134 Å². The van der Waals surface area contributed by atoms with Gasteiger partial charge in [-0.2, -0.15) is 0 Å². The second kappa shape index (κ2) is 5.54. The standard InChI is InChI=1S/C20H28O2/c1-12-3-6-18-16(12)9-10-19-17-8-5-15(22-13(2)21)11-14(17)4-7-20(18)19/h4,7,12,15-19H,3,5-6,8-11H2,1-2H3. The zero-order valence-electron chi connectivity index (χ0n) is 13.9. The number of hydrogen-bond acceptors (Lipinski definition) is 2. The fourth-order valence-corrected chi connectivity index (χ4v) is 5.92. The number of carbonyl (C=O) groups excluding carboxylic acids is 1. The van der Waals surface area contributed by atoms with E-state index in [0.29, 0.717) is 0 Å². The molecule has 0 heterocycles. The van der Waals surface area contributed by atoms with Crippen LogP contribution in [-0.4, -0.2) is 12.1 Å². The van der Waals surface area contributed by atoms with Crippen molar-refractivity contribution in [3.8, 4) is 0 Å². The van der Waals surface area contributed by atoms with E-state index >= 15 is 0 Å². The molecule has 4 aliphatic rings. The lowest BCUT2D eigenvalue weighted by Crippen LogP contribution is -2.36. The molecule has 0 aromatic heterocycles. The lowest BCUT2D eigenvalue weighted by atomic mass is 9.60. The Morgan fingerprint density at radius 3 is 2.59 bits per heavy atom. The SMILES string of the molecule is CC(=O)OC1CCC2C(=CC=C3C2CCC2C(C)CCC32)C1. The highest BCUT2D eigenvalue weighted by molar-refractivity contribution is 5.66. The summed E-state index contributed by atoms with van der Waals surface area (Å²) in [6.07, 6.45) is 13.9. The lowest BCUT2D eigenvalue weighted by molar-refractivity contribution is -0.147. The monoisotopic (exact) mass is 300 g/mol. The summed E-state index contributed by atoms with van der Waals surface area (Å²) in [6, 6.07) is 0. The van der Waals surface area contributed by atoms with Crippen LogP contribution in [0.15, 0.2) is 23.3 Å². The van der Waals surface area contributed by atoms with Gasteiger partial charge >= 0.3 is 5.97 Å². The van der Waals surface area contributed by atoms with Crippen LogP contribution in [0.4, 0.5) is 0 Å². The minimum Gasteiger partial charge on any atom is -0.462 e. The van der Waals surface area contributed by atoms with Crippen molar-refractivity contribution in [2.45, 2.75) is 64.9 Å². The molecule has 3 fully saturated rings. The molecule has 0 radical (unpaired) electrons. The molecular formula is C20H28O2. The molecule has 0 aromatic rings. The first-order valence-corrected chi connectivity index (χ1v) is 9.21. The van der Waals surface area contributed by atoms with Crippen LogP contribution < -0.4 is 0 Å². The van der Waals surface area contributed by atoms with Gasteiger partial charge in [0, 0.05) is 13.3 Å². The van der Waals surface area contributed by atoms with E-state index < -0.39 is 0 Å². The molecule has 120 valence electrons.